The summed E-state index contributed by atoms with van der Waals surface area (Å²) in [5.41, 5.74) is 1.48. The fourth-order valence-corrected chi connectivity index (χ4v) is 2.95. The van der Waals surface area contributed by atoms with Crippen LogP contribution in [0, 0.1) is 0 Å². The van der Waals surface area contributed by atoms with Crippen molar-refractivity contribution in [1.29, 1.82) is 0 Å². The number of nitrogens with one attached hydrogen (secondary N) is 1. The minimum absolute atomic E-state index is 0.0899. The third-order valence-corrected chi connectivity index (χ3v) is 4.03. The van der Waals surface area contributed by atoms with Gasteiger partial charge in [0.05, 0.1) is 13.2 Å². The first-order valence-electron chi connectivity index (χ1n) is 7.75. The van der Waals surface area contributed by atoms with E-state index in [2.05, 4.69) is 61.3 Å². The van der Waals surface area contributed by atoms with Gasteiger partial charge < -0.3 is 10.1 Å². The monoisotopic (exact) mass is 276 g/mol. The molecule has 1 aromatic rings. The molecule has 0 aromatic heterocycles. The molecule has 1 fully saturated rings. The summed E-state index contributed by atoms with van der Waals surface area (Å²) >= 11 is 0. The van der Waals surface area contributed by atoms with Crippen molar-refractivity contribution in [2.45, 2.75) is 38.8 Å². The molecule has 1 atom stereocenters. The highest BCUT2D eigenvalue weighted by Crippen LogP contribution is 2.30. The van der Waals surface area contributed by atoms with E-state index in [1.165, 1.54) is 12.0 Å². The lowest BCUT2D eigenvalue weighted by Gasteiger charge is -2.47. The zero-order valence-electron chi connectivity index (χ0n) is 13.1. The van der Waals surface area contributed by atoms with Crippen molar-refractivity contribution < 1.29 is 4.74 Å². The lowest BCUT2D eigenvalue weighted by Crippen LogP contribution is -2.55. The van der Waals surface area contributed by atoms with Crippen molar-refractivity contribution in [3.8, 4) is 0 Å². The highest BCUT2D eigenvalue weighted by Gasteiger charge is 2.35. The summed E-state index contributed by atoms with van der Waals surface area (Å²) < 4.78 is 5.66. The van der Waals surface area contributed by atoms with Crippen molar-refractivity contribution in [1.82, 2.24) is 10.2 Å². The summed E-state index contributed by atoms with van der Waals surface area (Å²) in [6.45, 7) is 11.5. The van der Waals surface area contributed by atoms with E-state index in [-0.39, 0.29) is 5.54 Å². The summed E-state index contributed by atoms with van der Waals surface area (Å²) in [6.07, 6.45) is 1.17. The zero-order valence-corrected chi connectivity index (χ0v) is 13.1. The van der Waals surface area contributed by atoms with Gasteiger partial charge >= 0.3 is 0 Å². The molecule has 0 saturated carbocycles. The molecule has 0 radical (unpaired) electrons. The molecule has 1 aliphatic heterocycles. The minimum Gasteiger partial charge on any atom is -0.378 e. The molecule has 1 aromatic carbocycles. The molecule has 1 heterocycles. The van der Waals surface area contributed by atoms with Crippen molar-refractivity contribution in [3.05, 3.63) is 35.9 Å². The van der Waals surface area contributed by atoms with Gasteiger partial charge in [0.15, 0.2) is 0 Å². The van der Waals surface area contributed by atoms with Crippen LogP contribution in [0.2, 0.25) is 0 Å². The standard InChI is InChI=1S/C17H28N2O/c1-4-10-18-13-16(15-8-6-5-7-9-15)19-11-12-20-14-17(19,2)3/h5-9,16,18H,4,10-14H2,1-3H3. The third-order valence-electron chi connectivity index (χ3n) is 4.03. The second-order valence-electron chi connectivity index (χ2n) is 6.19. The summed E-state index contributed by atoms with van der Waals surface area (Å²) in [4.78, 5) is 2.59. The van der Waals surface area contributed by atoms with Gasteiger partial charge in [-0.05, 0) is 32.4 Å². The molecule has 1 N–H and O–H groups in total. The lowest BCUT2D eigenvalue weighted by molar-refractivity contribution is -0.0725. The molecule has 3 nitrogen and oxygen atoms in total. The Bertz CT molecular complexity index is 391. The number of ether oxygens (including phenoxy) is 1. The minimum atomic E-state index is 0.0899. The Kier molecular flexibility index (Phi) is 5.58. The number of hydrogen-bond acceptors (Lipinski definition) is 3. The van der Waals surface area contributed by atoms with Crippen LogP contribution in [0.1, 0.15) is 38.8 Å². The number of nitrogens with zero attached hydrogens (tertiary/aromatic N) is 1. The molecule has 0 aliphatic carbocycles. The number of rotatable bonds is 6. The number of morpholine rings is 1. The molecule has 112 valence electrons. The fourth-order valence-electron chi connectivity index (χ4n) is 2.95. The maximum atomic E-state index is 5.66. The van der Waals surface area contributed by atoms with E-state index in [0.29, 0.717) is 6.04 Å². The Morgan fingerprint density at radius 1 is 1.30 bits per heavy atom. The first kappa shape index (κ1) is 15.5. The maximum Gasteiger partial charge on any atom is 0.0645 e. The highest BCUT2D eigenvalue weighted by atomic mass is 16.5. The van der Waals surface area contributed by atoms with Gasteiger partial charge in [0.1, 0.15) is 0 Å². The molecule has 0 spiro atoms. The Morgan fingerprint density at radius 2 is 2.05 bits per heavy atom. The van der Waals surface area contributed by atoms with Crippen LogP contribution in [0.5, 0.6) is 0 Å². The summed E-state index contributed by atoms with van der Waals surface area (Å²) in [5, 5.41) is 3.59. The zero-order chi connectivity index (χ0) is 14.4. The smallest absolute Gasteiger partial charge is 0.0645 e. The Morgan fingerprint density at radius 3 is 2.70 bits per heavy atom. The molecule has 1 aliphatic rings. The van der Waals surface area contributed by atoms with E-state index in [0.717, 1.165) is 32.8 Å². The van der Waals surface area contributed by atoms with Crippen molar-refractivity contribution in [2.24, 2.45) is 0 Å². The first-order chi connectivity index (χ1) is 9.65. The van der Waals surface area contributed by atoms with Gasteiger partial charge in [-0.1, -0.05) is 37.3 Å². The summed E-state index contributed by atoms with van der Waals surface area (Å²) in [5.74, 6) is 0. The molecular formula is C17H28N2O. The van der Waals surface area contributed by atoms with Crippen LogP contribution in [0.25, 0.3) is 0 Å². The predicted octanol–water partition coefficient (Wildman–Crippen LogP) is 2.84. The topological polar surface area (TPSA) is 24.5 Å². The normalized spacial score (nSPS) is 20.8. The van der Waals surface area contributed by atoms with Crippen molar-refractivity contribution in [2.75, 3.05) is 32.8 Å². The summed E-state index contributed by atoms with van der Waals surface area (Å²) in [7, 11) is 0. The molecule has 1 saturated heterocycles. The molecular weight excluding hydrogens is 248 g/mol. The van der Waals surface area contributed by atoms with E-state index < -0.39 is 0 Å². The number of benzene rings is 1. The average Bonchev–Trinajstić information content (AvgIpc) is 2.45. The van der Waals surface area contributed by atoms with Crippen LogP contribution in [-0.4, -0.2) is 43.3 Å². The van der Waals surface area contributed by atoms with E-state index in [1.54, 1.807) is 0 Å². The second-order valence-corrected chi connectivity index (χ2v) is 6.19. The SMILES string of the molecule is CCCNCC(c1ccccc1)N1CCOCC1(C)C. The fraction of sp³-hybridized carbons (Fsp3) is 0.647. The average molecular weight is 276 g/mol. The van der Waals surface area contributed by atoms with Gasteiger partial charge in [-0.3, -0.25) is 4.90 Å². The predicted molar refractivity (Wildman–Crippen MR) is 83.9 cm³/mol. The highest BCUT2D eigenvalue weighted by molar-refractivity contribution is 5.20. The molecule has 2 rings (SSSR count). The first-order valence-corrected chi connectivity index (χ1v) is 7.75. The van der Waals surface area contributed by atoms with Crippen LogP contribution in [0.15, 0.2) is 30.3 Å². The van der Waals surface area contributed by atoms with Crippen molar-refractivity contribution in [3.63, 3.8) is 0 Å². The van der Waals surface area contributed by atoms with Gasteiger partial charge in [0, 0.05) is 24.7 Å². The van der Waals surface area contributed by atoms with Crippen molar-refractivity contribution >= 4 is 0 Å². The Hall–Kier alpha value is -0.900. The molecule has 1 unspecified atom stereocenters. The van der Waals surface area contributed by atoms with E-state index >= 15 is 0 Å². The Labute approximate surface area is 123 Å². The maximum absolute atomic E-state index is 5.66. The largest absolute Gasteiger partial charge is 0.378 e. The molecule has 0 bridgehead atoms. The molecule has 3 heteroatoms. The summed E-state index contributed by atoms with van der Waals surface area (Å²) in [6, 6.07) is 11.3. The van der Waals surface area contributed by atoms with Gasteiger partial charge in [-0.15, -0.1) is 0 Å². The third kappa shape index (κ3) is 3.81. The van der Waals surface area contributed by atoms with Crippen LogP contribution < -0.4 is 5.32 Å². The van der Waals surface area contributed by atoms with Gasteiger partial charge in [-0.25, -0.2) is 0 Å². The van der Waals surface area contributed by atoms with Crippen LogP contribution in [0.3, 0.4) is 0 Å². The number of hydrogen-bond donors (Lipinski definition) is 1. The van der Waals surface area contributed by atoms with Gasteiger partial charge in [-0.2, -0.15) is 0 Å². The lowest BCUT2D eigenvalue weighted by atomic mass is 9.95. The van der Waals surface area contributed by atoms with E-state index in [9.17, 15) is 0 Å². The van der Waals surface area contributed by atoms with E-state index in [1.807, 2.05) is 0 Å². The Balaban J connectivity index is 2.17. The molecule has 0 amide bonds. The van der Waals surface area contributed by atoms with Gasteiger partial charge in [0.25, 0.3) is 0 Å². The van der Waals surface area contributed by atoms with Gasteiger partial charge in [0.2, 0.25) is 0 Å². The van der Waals surface area contributed by atoms with Crippen LogP contribution in [-0.2, 0) is 4.74 Å². The second kappa shape index (κ2) is 7.21. The van der Waals surface area contributed by atoms with Crippen LogP contribution >= 0.6 is 0 Å². The molecule has 20 heavy (non-hydrogen) atoms. The van der Waals surface area contributed by atoms with E-state index in [4.69, 9.17) is 4.74 Å². The quantitative estimate of drug-likeness (QED) is 0.809. The van der Waals surface area contributed by atoms with Crippen LogP contribution in [0.4, 0.5) is 0 Å².